The van der Waals surface area contributed by atoms with Crippen molar-refractivity contribution in [3.63, 3.8) is 0 Å². The lowest BCUT2D eigenvalue weighted by atomic mass is 9.79. The van der Waals surface area contributed by atoms with Crippen molar-refractivity contribution in [2.45, 2.75) is 69.7 Å². The highest BCUT2D eigenvalue weighted by molar-refractivity contribution is 5.92. The molecule has 6 rings (SSSR count). The molecule has 1 aliphatic heterocycles. The Bertz CT molecular complexity index is 1540. The highest BCUT2D eigenvalue weighted by Crippen LogP contribution is 2.40. The van der Waals surface area contributed by atoms with Gasteiger partial charge in [0.1, 0.15) is 18.4 Å². The van der Waals surface area contributed by atoms with E-state index in [0.717, 1.165) is 35.2 Å². The number of nitrogens with zero attached hydrogens (tertiary/aromatic N) is 1. The summed E-state index contributed by atoms with van der Waals surface area (Å²) in [7, 11) is 3.47. The number of hydrogen-bond acceptors (Lipinski definition) is 4. The summed E-state index contributed by atoms with van der Waals surface area (Å²) in [6.45, 7) is 0.492. The van der Waals surface area contributed by atoms with Gasteiger partial charge in [0.15, 0.2) is 0 Å². The summed E-state index contributed by atoms with van der Waals surface area (Å²) in [5, 5.41) is 8.05. The van der Waals surface area contributed by atoms with Crippen molar-refractivity contribution >= 4 is 22.7 Å². The van der Waals surface area contributed by atoms with Crippen molar-refractivity contribution in [1.29, 1.82) is 0 Å². The molecule has 1 aliphatic carbocycles. The van der Waals surface area contributed by atoms with Gasteiger partial charge in [-0.25, -0.2) is 0 Å². The Balaban J connectivity index is 1.18. The van der Waals surface area contributed by atoms with E-state index in [9.17, 15) is 9.59 Å². The van der Waals surface area contributed by atoms with E-state index < -0.39 is 12.1 Å². The van der Waals surface area contributed by atoms with E-state index >= 15 is 0 Å². The van der Waals surface area contributed by atoms with Crippen molar-refractivity contribution in [3.05, 3.63) is 101 Å². The van der Waals surface area contributed by atoms with Crippen LogP contribution in [0.5, 0.6) is 5.75 Å². The highest BCUT2D eigenvalue weighted by Gasteiger charge is 2.38. The number of likely N-dealkylation sites (N-methyl/N-ethyl adjacent to an activating group) is 1. The Morgan fingerprint density at radius 3 is 2.37 bits per heavy atom. The number of benzene rings is 3. The van der Waals surface area contributed by atoms with Crippen LogP contribution in [0.4, 0.5) is 0 Å². The lowest BCUT2D eigenvalue weighted by Crippen LogP contribution is -2.56. The van der Waals surface area contributed by atoms with Gasteiger partial charge >= 0.3 is 0 Å². The molecule has 1 aromatic heterocycles. The minimum atomic E-state index is -0.669. The minimum absolute atomic E-state index is 0.0960. The summed E-state index contributed by atoms with van der Waals surface area (Å²) in [6.07, 6.45) is 7.04. The van der Waals surface area contributed by atoms with Crippen LogP contribution in [0.3, 0.4) is 0 Å². The molecule has 2 aliphatic rings. The molecular formula is C36H42N4O3. The molecule has 3 atom stereocenters. The average molecular weight is 579 g/mol. The van der Waals surface area contributed by atoms with E-state index in [-0.39, 0.29) is 17.9 Å². The number of carbonyl (C=O) groups excluding carboxylic acids is 2. The molecule has 1 fully saturated rings. The number of ether oxygens (including phenoxy) is 1. The first-order chi connectivity index (χ1) is 21.0. The SMILES string of the molecule is CN(C)C(=O)C(Cc1ccc(OCc2ccccc2)cc1)NC(=O)[C@H]1Cc2c([nH]c3ccccc23)[C@H](C2CCCCC2)N1. The fraction of sp³-hybridized carbons (Fsp3) is 0.389. The fourth-order valence-electron chi connectivity index (χ4n) is 6.76. The summed E-state index contributed by atoms with van der Waals surface area (Å²) < 4.78 is 5.94. The van der Waals surface area contributed by atoms with Gasteiger partial charge in [-0.2, -0.15) is 0 Å². The second kappa shape index (κ2) is 13.0. The first-order valence-corrected chi connectivity index (χ1v) is 15.6. The molecule has 2 heterocycles. The molecule has 3 N–H and O–H groups in total. The van der Waals surface area contributed by atoms with Gasteiger partial charge in [-0.05, 0) is 60.1 Å². The Labute approximate surface area is 254 Å². The maximum Gasteiger partial charge on any atom is 0.244 e. The quantitative estimate of drug-likeness (QED) is 0.238. The van der Waals surface area contributed by atoms with Crippen LogP contribution in [0.15, 0.2) is 78.9 Å². The molecule has 0 spiro atoms. The number of rotatable bonds is 9. The lowest BCUT2D eigenvalue weighted by Gasteiger charge is -2.37. The second-order valence-corrected chi connectivity index (χ2v) is 12.3. The standard InChI is InChI=1S/C36H42N4O3/c1-40(2)36(42)32(21-24-17-19-27(20-18-24)43-23-25-11-5-3-6-12-25)39-35(41)31-22-29-28-15-9-10-16-30(28)37-34(29)33(38-31)26-13-7-4-8-14-26/h3,5-6,9-12,15-20,26,31-33,37-38H,4,7-8,13-14,21-23H2,1-2H3,(H,39,41)/t31-,32?,33+/m1/s1. The van der Waals surface area contributed by atoms with E-state index in [1.807, 2.05) is 54.6 Å². The van der Waals surface area contributed by atoms with Gasteiger partial charge < -0.3 is 19.9 Å². The number of fused-ring (bicyclic) bond motifs is 3. The van der Waals surface area contributed by atoms with Gasteiger partial charge in [0.05, 0.1) is 12.1 Å². The van der Waals surface area contributed by atoms with Crippen LogP contribution in [0.2, 0.25) is 0 Å². The van der Waals surface area contributed by atoms with Crippen LogP contribution in [0.1, 0.15) is 60.5 Å². The van der Waals surface area contributed by atoms with Crippen LogP contribution in [-0.2, 0) is 29.0 Å². The third-order valence-electron chi connectivity index (χ3n) is 9.05. The number of nitrogens with one attached hydrogen (secondary N) is 3. The normalized spacial score (nSPS) is 19.4. The van der Waals surface area contributed by atoms with Gasteiger partial charge in [-0.15, -0.1) is 0 Å². The summed E-state index contributed by atoms with van der Waals surface area (Å²) in [5.41, 5.74) is 5.64. The molecule has 224 valence electrons. The largest absolute Gasteiger partial charge is 0.489 e. The maximum absolute atomic E-state index is 13.9. The minimum Gasteiger partial charge on any atom is -0.489 e. The number of hydrogen-bond donors (Lipinski definition) is 3. The zero-order valence-corrected chi connectivity index (χ0v) is 25.1. The number of carbonyl (C=O) groups is 2. The van der Waals surface area contributed by atoms with E-state index in [0.29, 0.717) is 25.4 Å². The van der Waals surface area contributed by atoms with Crippen LogP contribution in [0.25, 0.3) is 10.9 Å². The van der Waals surface area contributed by atoms with Crippen molar-refractivity contribution in [2.75, 3.05) is 14.1 Å². The van der Waals surface area contributed by atoms with Crippen LogP contribution in [0, 0.1) is 5.92 Å². The zero-order chi connectivity index (χ0) is 29.8. The third-order valence-corrected chi connectivity index (χ3v) is 9.05. The van der Waals surface area contributed by atoms with Crippen LogP contribution >= 0.6 is 0 Å². The van der Waals surface area contributed by atoms with Gasteiger partial charge in [0.25, 0.3) is 0 Å². The van der Waals surface area contributed by atoms with Crippen molar-refractivity contribution in [3.8, 4) is 5.75 Å². The van der Waals surface area contributed by atoms with Crippen molar-refractivity contribution in [2.24, 2.45) is 5.92 Å². The van der Waals surface area contributed by atoms with E-state index in [4.69, 9.17) is 4.74 Å². The zero-order valence-electron chi connectivity index (χ0n) is 25.1. The summed E-state index contributed by atoms with van der Waals surface area (Å²) in [4.78, 5) is 32.5. The van der Waals surface area contributed by atoms with E-state index in [2.05, 4.69) is 39.9 Å². The molecule has 43 heavy (non-hydrogen) atoms. The Morgan fingerprint density at radius 2 is 1.63 bits per heavy atom. The third kappa shape index (κ3) is 6.62. The molecule has 0 bridgehead atoms. The van der Waals surface area contributed by atoms with Crippen molar-refractivity contribution < 1.29 is 14.3 Å². The predicted octanol–water partition coefficient (Wildman–Crippen LogP) is 5.70. The van der Waals surface area contributed by atoms with E-state index in [1.165, 1.54) is 35.9 Å². The molecular weight excluding hydrogens is 536 g/mol. The lowest BCUT2D eigenvalue weighted by molar-refractivity contribution is -0.135. The predicted molar refractivity (Wildman–Crippen MR) is 170 cm³/mol. The van der Waals surface area contributed by atoms with Crippen LogP contribution in [-0.4, -0.2) is 47.9 Å². The number of para-hydroxylation sites is 1. The van der Waals surface area contributed by atoms with Gasteiger partial charge in [-0.1, -0.05) is 79.9 Å². The fourth-order valence-corrected chi connectivity index (χ4v) is 6.76. The summed E-state index contributed by atoms with van der Waals surface area (Å²) in [5.74, 6) is 1.00. The molecule has 1 unspecified atom stereocenters. The smallest absolute Gasteiger partial charge is 0.244 e. The average Bonchev–Trinajstić information content (AvgIpc) is 3.43. The molecule has 0 saturated heterocycles. The molecule has 1 saturated carbocycles. The number of aromatic amines is 1. The highest BCUT2D eigenvalue weighted by atomic mass is 16.5. The Kier molecular flexibility index (Phi) is 8.79. The molecule has 0 radical (unpaired) electrons. The summed E-state index contributed by atoms with van der Waals surface area (Å²) >= 11 is 0. The van der Waals surface area contributed by atoms with E-state index in [1.54, 1.807) is 19.0 Å². The van der Waals surface area contributed by atoms with Gasteiger partial charge in [-0.3, -0.25) is 14.9 Å². The maximum atomic E-state index is 13.9. The molecule has 4 aromatic rings. The molecule has 2 amide bonds. The molecule has 7 nitrogen and oxygen atoms in total. The number of amides is 2. The Hall–Kier alpha value is -4.10. The number of aromatic nitrogens is 1. The van der Waals surface area contributed by atoms with Crippen molar-refractivity contribution in [1.82, 2.24) is 20.5 Å². The first kappa shape index (κ1) is 29.0. The summed E-state index contributed by atoms with van der Waals surface area (Å²) in [6, 6.07) is 25.2. The molecule has 7 heteroatoms. The second-order valence-electron chi connectivity index (χ2n) is 12.3. The van der Waals surface area contributed by atoms with Crippen LogP contribution < -0.4 is 15.4 Å². The number of H-pyrrole nitrogens is 1. The molecule has 3 aromatic carbocycles. The van der Waals surface area contributed by atoms with Gasteiger partial charge in [0.2, 0.25) is 11.8 Å². The Morgan fingerprint density at radius 1 is 0.907 bits per heavy atom. The topological polar surface area (TPSA) is 86.5 Å². The first-order valence-electron chi connectivity index (χ1n) is 15.6. The van der Waals surface area contributed by atoms with Gasteiger partial charge in [0, 0.05) is 37.1 Å². The monoisotopic (exact) mass is 578 g/mol.